The van der Waals surface area contributed by atoms with Crippen LogP contribution in [-0.4, -0.2) is 25.0 Å². The fourth-order valence-corrected chi connectivity index (χ4v) is 2.52. The van der Waals surface area contributed by atoms with Gasteiger partial charge < -0.3 is 10.6 Å². The van der Waals surface area contributed by atoms with Crippen LogP contribution in [0.3, 0.4) is 0 Å². The van der Waals surface area contributed by atoms with Gasteiger partial charge in [0.2, 0.25) is 5.91 Å². The number of hydrogen-bond acceptors (Lipinski definition) is 2. The van der Waals surface area contributed by atoms with Crippen LogP contribution in [0.2, 0.25) is 0 Å². The van der Waals surface area contributed by atoms with Crippen LogP contribution in [0.1, 0.15) is 18.4 Å². The monoisotopic (exact) mass is 332 g/mol. The molecule has 1 aliphatic heterocycles. The molecular weight excluding hydrogens is 316 g/mol. The van der Waals surface area contributed by atoms with Crippen LogP contribution in [-0.2, 0) is 11.2 Å². The summed E-state index contributed by atoms with van der Waals surface area (Å²) in [6.07, 6.45) is 2.53. The Bertz CT molecular complexity index is 394. The van der Waals surface area contributed by atoms with Crippen LogP contribution in [0.5, 0.6) is 0 Å². The first kappa shape index (κ1) is 15.5. The molecule has 0 bridgehead atoms. The van der Waals surface area contributed by atoms with E-state index in [1.165, 1.54) is 0 Å². The molecule has 5 heteroatoms. The summed E-state index contributed by atoms with van der Waals surface area (Å²) in [4.78, 5) is 11.8. The van der Waals surface area contributed by atoms with Gasteiger partial charge in [-0.1, -0.05) is 28.1 Å². The molecule has 1 aromatic carbocycles. The minimum atomic E-state index is 0. The van der Waals surface area contributed by atoms with Gasteiger partial charge in [0.05, 0.1) is 6.42 Å². The van der Waals surface area contributed by atoms with Crippen molar-refractivity contribution in [1.82, 2.24) is 10.6 Å². The highest BCUT2D eigenvalue weighted by Crippen LogP contribution is 2.12. The molecule has 100 valence electrons. The Hall–Kier alpha value is -0.580. The van der Waals surface area contributed by atoms with E-state index in [2.05, 4.69) is 26.6 Å². The van der Waals surface area contributed by atoms with E-state index in [-0.39, 0.29) is 18.3 Å². The predicted octanol–water partition coefficient (Wildman–Crippen LogP) is 2.28. The zero-order chi connectivity index (χ0) is 12.1. The molecule has 2 rings (SSSR count). The summed E-state index contributed by atoms with van der Waals surface area (Å²) in [5, 5.41) is 6.38. The van der Waals surface area contributed by atoms with E-state index in [0.29, 0.717) is 12.5 Å². The van der Waals surface area contributed by atoms with Gasteiger partial charge in [-0.05, 0) is 43.6 Å². The number of halogens is 2. The van der Waals surface area contributed by atoms with Crippen molar-refractivity contribution in [3.63, 3.8) is 0 Å². The summed E-state index contributed by atoms with van der Waals surface area (Å²) in [6, 6.07) is 8.23. The van der Waals surface area contributed by atoms with E-state index in [4.69, 9.17) is 0 Å². The van der Waals surface area contributed by atoms with Crippen LogP contribution in [0.15, 0.2) is 28.7 Å². The number of benzene rings is 1. The molecule has 0 aromatic heterocycles. The third-order valence-corrected chi connectivity index (χ3v) is 3.45. The topological polar surface area (TPSA) is 41.1 Å². The van der Waals surface area contributed by atoms with E-state index in [1.54, 1.807) is 0 Å². The summed E-state index contributed by atoms with van der Waals surface area (Å²) in [5.41, 5.74) is 1.05. The van der Waals surface area contributed by atoms with Crippen molar-refractivity contribution in [2.75, 3.05) is 13.1 Å². The molecule has 3 nitrogen and oxygen atoms in total. The Morgan fingerprint density at radius 1 is 1.39 bits per heavy atom. The van der Waals surface area contributed by atoms with Crippen molar-refractivity contribution in [2.45, 2.75) is 25.3 Å². The fourth-order valence-electron chi connectivity index (χ4n) is 2.08. The SMILES string of the molecule is Cl.O=C(Cc1cccc(Br)c1)NC1CCNCC1. The Morgan fingerprint density at radius 2 is 2.11 bits per heavy atom. The molecule has 1 fully saturated rings. The minimum absolute atomic E-state index is 0. The van der Waals surface area contributed by atoms with Crippen molar-refractivity contribution >= 4 is 34.2 Å². The van der Waals surface area contributed by atoms with Gasteiger partial charge >= 0.3 is 0 Å². The number of carbonyl (C=O) groups excluding carboxylic acids is 1. The summed E-state index contributed by atoms with van der Waals surface area (Å²) in [7, 11) is 0. The zero-order valence-electron chi connectivity index (χ0n) is 10.1. The zero-order valence-corrected chi connectivity index (χ0v) is 12.5. The van der Waals surface area contributed by atoms with E-state index >= 15 is 0 Å². The largest absolute Gasteiger partial charge is 0.353 e. The Morgan fingerprint density at radius 3 is 2.78 bits per heavy atom. The molecule has 1 saturated heterocycles. The lowest BCUT2D eigenvalue weighted by Gasteiger charge is -2.23. The van der Waals surface area contributed by atoms with E-state index in [0.717, 1.165) is 36.0 Å². The molecule has 0 atom stereocenters. The molecule has 0 saturated carbocycles. The molecule has 1 amide bonds. The first-order chi connectivity index (χ1) is 8.24. The third-order valence-electron chi connectivity index (χ3n) is 2.96. The summed E-state index contributed by atoms with van der Waals surface area (Å²) in [6.45, 7) is 2.00. The third kappa shape index (κ3) is 4.96. The van der Waals surface area contributed by atoms with Crippen LogP contribution in [0.4, 0.5) is 0 Å². The maximum absolute atomic E-state index is 11.8. The Balaban J connectivity index is 0.00000162. The average Bonchev–Trinajstić information content (AvgIpc) is 2.30. The molecular formula is C13H18BrClN2O. The molecule has 0 aliphatic carbocycles. The molecule has 0 spiro atoms. The van der Waals surface area contributed by atoms with Gasteiger partial charge in [-0.15, -0.1) is 12.4 Å². The second-order valence-electron chi connectivity index (χ2n) is 4.40. The van der Waals surface area contributed by atoms with E-state index < -0.39 is 0 Å². The van der Waals surface area contributed by atoms with Crippen LogP contribution >= 0.6 is 28.3 Å². The molecule has 0 radical (unpaired) electrons. The number of nitrogens with one attached hydrogen (secondary N) is 2. The maximum Gasteiger partial charge on any atom is 0.224 e. The lowest BCUT2D eigenvalue weighted by molar-refractivity contribution is -0.121. The van der Waals surface area contributed by atoms with E-state index in [1.807, 2.05) is 24.3 Å². The smallest absolute Gasteiger partial charge is 0.224 e. The van der Waals surface area contributed by atoms with Crippen molar-refractivity contribution in [1.29, 1.82) is 0 Å². The first-order valence-electron chi connectivity index (χ1n) is 5.98. The summed E-state index contributed by atoms with van der Waals surface area (Å²) >= 11 is 3.41. The quantitative estimate of drug-likeness (QED) is 0.891. The van der Waals surface area contributed by atoms with Crippen LogP contribution in [0.25, 0.3) is 0 Å². The number of amides is 1. The number of hydrogen-bond donors (Lipinski definition) is 2. The fraction of sp³-hybridized carbons (Fsp3) is 0.462. The number of piperidine rings is 1. The molecule has 18 heavy (non-hydrogen) atoms. The highest BCUT2D eigenvalue weighted by Gasteiger charge is 2.15. The number of rotatable bonds is 3. The Labute approximate surface area is 122 Å². The number of carbonyl (C=O) groups is 1. The van der Waals surface area contributed by atoms with Crippen molar-refractivity contribution in [3.05, 3.63) is 34.3 Å². The molecule has 2 N–H and O–H groups in total. The van der Waals surface area contributed by atoms with Gasteiger partial charge in [-0.3, -0.25) is 4.79 Å². The molecule has 1 aromatic rings. The second kappa shape index (κ2) is 7.77. The maximum atomic E-state index is 11.8. The van der Waals surface area contributed by atoms with Crippen molar-refractivity contribution in [3.8, 4) is 0 Å². The Kier molecular flexibility index (Phi) is 6.68. The molecule has 0 unspecified atom stereocenters. The standard InChI is InChI=1S/C13H17BrN2O.ClH/c14-11-3-1-2-10(8-11)9-13(17)16-12-4-6-15-7-5-12;/h1-3,8,12,15H,4-7,9H2,(H,16,17);1H. The van der Waals surface area contributed by atoms with Gasteiger partial charge in [0.1, 0.15) is 0 Å². The highest BCUT2D eigenvalue weighted by atomic mass is 79.9. The van der Waals surface area contributed by atoms with Crippen LogP contribution < -0.4 is 10.6 Å². The van der Waals surface area contributed by atoms with Crippen molar-refractivity contribution in [2.24, 2.45) is 0 Å². The van der Waals surface area contributed by atoms with Gasteiger partial charge in [0.25, 0.3) is 0 Å². The van der Waals surface area contributed by atoms with Gasteiger partial charge in [-0.25, -0.2) is 0 Å². The van der Waals surface area contributed by atoms with Gasteiger partial charge in [0.15, 0.2) is 0 Å². The minimum Gasteiger partial charge on any atom is -0.353 e. The van der Waals surface area contributed by atoms with Crippen molar-refractivity contribution < 1.29 is 4.79 Å². The van der Waals surface area contributed by atoms with Gasteiger partial charge in [0, 0.05) is 10.5 Å². The molecule has 1 aliphatic rings. The normalized spacial score (nSPS) is 15.8. The second-order valence-corrected chi connectivity index (χ2v) is 5.31. The average molecular weight is 334 g/mol. The summed E-state index contributed by atoms with van der Waals surface area (Å²) < 4.78 is 1.02. The highest BCUT2D eigenvalue weighted by molar-refractivity contribution is 9.10. The lowest BCUT2D eigenvalue weighted by atomic mass is 10.1. The van der Waals surface area contributed by atoms with Crippen LogP contribution in [0, 0.1) is 0 Å². The van der Waals surface area contributed by atoms with Gasteiger partial charge in [-0.2, -0.15) is 0 Å². The first-order valence-corrected chi connectivity index (χ1v) is 6.78. The summed E-state index contributed by atoms with van der Waals surface area (Å²) in [5.74, 6) is 0.120. The molecule has 1 heterocycles. The van der Waals surface area contributed by atoms with E-state index in [9.17, 15) is 4.79 Å². The predicted molar refractivity (Wildman–Crippen MR) is 79.1 cm³/mol. The lowest BCUT2D eigenvalue weighted by Crippen LogP contribution is -2.43.